The van der Waals surface area contributed by atoms with Gasteiger partial charge in [-0.25, -0.2) is 0 Å². The highest BCUT2D eigenvalue weighted by molar-refractivity contribution is 6.11. The molecular weight excluding hydrogens is 224 g/mol. The third kappa shape index (κ3) is 1.71. The van der Waals surface area contributed by atoms with Gasteiger partial charge in [0, 0.05) is 6.20 Å². The molecule has 1 aromatic heterocycles. The first-order valence-electron chi connectivity index (χ1n) is 5.21. The molecule has 1 amide bonds. The maximum absolute atomic E-state index is 11.9. The number of rotatable bonds is 3. The van der Waals surface area contributed by atoms with Gasteiger partial charge < -0.3 is 15.4 Å². The molecule has 1 heterocycles. The Hall–Kier alpha value is -2.11. The van der Waals surface area contributed by atoms with Crippen LogP contribution in [0.5, 0.6) is 0 Å². The number of anilines is 1. The Bertz CT molecular complexity index is 536. The minimum Gasteiger partial charge on any atom is -0.480 e. The molecule has 0 spiro atoms. The average Bonchev–Trinajstić information content (AvgIpc) is 2.95. The standard InChI is InChI=1S/C11H12N2O4/c1-6-5-11(6,10(16)17)9(15)13-7-3-2-4-12-8(7)14/h2-4,6H,5H2,1H3,(H,12,14)(H,13,15)(H,16,17)/t6-,11+/m1/s1. The number of carboxylic acid groups (broad SMARTS) is 1. The van der Waals surface area contributed by atoms with Gasteiger partial charge in [0.2, 0.25) is 5.91 Å². The number of aliphatic carboxylic acids is 1. The summed E-state index contributed by atoms with van der Waals surface area (Å²) < 4.78 is 0. The molecule has 0 unspecified atom stereocenters. The van der Waals surface area contributed by atoms with Crippen molar-refractivity contribution >= 4 is 17.6 Å². The molecule has 2 rings (SSSR count). The smallest absolute Gasteiger partial charge is 0.319 e. The summed E-state index contributed by atoms with van der Waals surface area (Å²) in [6, 6.07) is 2.99. The number of carbonyl (C=O) groups is 2. The molecule has 0 saturated heterocycles. The number of amides is 1. The predicted molar refractivity (Wildman–Crippen MR) is 59.5 cm³/mol. The lowest BCUT2D eigenvalue weighted by Gasteiger charge is -2.11. The molecule has 1 aliphatic rings. The average molecular weight is 236 g/mol. The Balaban J connectivity index is 2.21. The van der Waals surface area contributed by atoms with Gasteiger partial charge in [-0.2, -0.15) is 0 Å². The van der Waals surface area contributed by atoms with Gasteiger partial charge in [-0.3, -0.25) is 14.4 Å². The van der Waals surface area contributed by atoms with E-state index in [0.29, 0.717) is 6.42 Å². The van der Waals surface area contributed by atoms with Gasteiger partial charge in [-0.1, -0.05) is 6.92 Å². The van der Waals surface area contributed by atoms with Gasteiger partial charge in [0.05, 0.1) is 0 Å². The van der Waals surface area contributed by atoms with Crippen molar-refractivity contribution in [1.29, 1.82) is 0 Å². The summed E-state index contributed by atoms with van der Waals surface area (Å²) in [5.74, 6) is -1.98. The molecule has 0 aromatic carbocycles. The maximum atomic E-state index is 11.9. The van der Waals surface area contributed by atoms with Crippen LogP contribution in [-0.4, -0.2) is 22.0 Å². The van der Waals surface area contributed by atoms with E-state index in [9.17, 15) is 14.4 Å². The molecule has 90 valence electrons. The lowest BCUT2D eigenvalue weighted by molar-refractivity contribution is -0.148. The number of pyridine rings is 1. The van der Waals surface area contributed by atoms with Crippen molar-refractivity contribution in [2.45, 2.75) is 13.3 Å². The molecule has 6 nitrogen and oxygen atoms in total. The number of aromatic amines is 1. The van der Waals surface area contributed by atoms with Crippen LogP contribution in [-0.2, 0) is 9.59 Å². The van der Waals surface area contributed by atoms with Crippen molar-refractivity contribution in [1.82, 2.24) is 4.98 Å². The van der Waals surface area contributed by atoms with E-state index in [1.807, 2.05) is 0 Å². The second kappa shape index (κ2) is 3.73. The fraction of sp³-hybridized carbons (Fsp3) is 0.364. The Kier molecular flexibility index (Phi) is 2.49. The maximum Gasteiger partial charge on any atom is 0.319 e. The van der Waals surface area contributed by atoms with Crippen LogP contribution in [0, 0.1) is 11.3 Å². The first-order valence-corrected chi connectivity index (χ1v) is 5.21. The normalized spacial score (nSPS) is 26.3. The Morgan fingerprint density at radius 3 is 2.71 bits per heavy atom. The van der Waals surface area contributed by atoms with E-state index >= 15 is 0 Å². The molecule has 17 heavy (non-hydrogen) atoms. The summed E-state index contributed by atoms with van der Waals surface area (Å²) in [5.41, 5.74) is -1.76. The highest BCUT2D eigenvalue weighted by Crippen LogP contribution is 2.53. The summed E-state index contributed by atoms with van der Waals surface area (Å²) in [6.45, 7) is 1.70. The lowest BCUT2D eigenvalue weighted by Crippen LogP contribution is -2.34. The van der Waals surface area contributed by atoms with Crippen LogP contribution in [0.1, 0.15) is 13.3 Å². The summed E-state index contributed by atoms with van der Waals surface area (Å²) >= 11 is 0. The summed E-state index contributed by atoms with van der Waals surface area (Å²) in [6.07, 6.45) is 1.74. The van der Waals surface area contributed by atoms with Crippen LogP contribution in [0.3, 0.4) is 0 Å². The van der Waals surface area contributed by atoms with Crippen molar-refractivity contribution in [2.75, 3.05) is 5.32 Å². The molecular formula is C11H12N2O4. The molecule has 2 atom stereocenters. The van der Waals surface area contributed by atoms with Crippen LogP contribution >= 0.6 is 0 Å². The SMILES string of the molecule is C[C@@H]1C[C@@]1(C(=O)O)C(=O)Nc1ccc[nH]c1=O. The molecule has 0 aliphatic heterocycles. The van der Waals surface area contributed by atoms with Crippen LogP contribution in [0.4, 0.5) is 5.69 Å². The largest absolute Gasteiger partial charge is 0.480 e. The minimum absolute atomic E-state index is 0.0669. The van der Waals surface area contributed by atoms with E-state index in [4.69, 9.17) is 5.11 Å². The highest BCUT2D eigenvalue weighted by Gasteiger charge is 2.63. The van der Waals surface area contributed by atoms with E-state index in [2.05, 4.69) is 10.3 Å². The van der Waals surface area contributed by atoms with Crippen LogP contribution < -0.4 is 10.9 Å². The van der Waals surface area contributed by atoms with Gasteiger partial charge in [0.15, 0.2) is 0 Å². The summed E-state index contributed by atoms with van der Waals surface area (Å²) in [5, 5.41) is 11.4. The van der Waals surface area contributed by atoms with E-state index < -0.39 is 22.9 Å². The number of hydrogen-bond acceptors (Lipinski definition) is 3. The Morgan fingerprint density at radius 2 is 2.24 bits per heavy atom. The molecule has 0 bridgehead atoms. The van der Waals surface area contributed by atoms with Gasteiger partial charge in [0.1, 0.15) is 11.1 Å². The number of H-pyrrole nitrogens is 1. The molecule has 1 aliphatic carbocycles. The van der Waals surface area contributed by atoms with Crippen molar-refractivity contribution in [3.05, 3.63) is 28.7 Å². The highest BCUT2D eigenvalue weighted by atomic mass is 16.4. The van der Waals surface area contributed by atoms with E-state index in [0.717, 1.165) is 0 Å². The van der Waals surface area contributed by atoms with E-state index in [1.54, 1.807) is 13.0 Å². The van der Waals surface area contributed by atoms with E-state index in [1.165, 1.54) is 12.3 Å². The number of carbonyl (C=O) groups excluding carboxylic acids is 1. The predicted octanol–water partition coefficient (Wildman–Crippen LogP) is 0.424. The van der Waals surface area contributed by atoms with Crippen LogP contribution in [0.15, 0.2) is 23.1 Å². The van der Waals surface area contributed by atoms with Crippen LogP contribution in [0.25, 0.3) is 0 Å². The Labute approximate surface area is 96.7 Å². The molecule has 1 aromatic rings. The molecule has 1 fully saturated rings. The third-order valence-corrected chi connectivity index (χ3v) is 3.16. The van der Waals surface area contributed by atoms with Crippen molar-refractivity contribution in [2.24, 2.45) is 11.3 Å². The van der Waals surface area contributed by atoms with Crippen molar-refractivity contribution in [3.8, 4) is 0 Å². The van der Waals surface area contributed by atoms with Gasteiger partial charge in [-0.05, 0) is 24.5 Å². The fourth-order valence-corrected chi connectivity index (χ4v) is 1.89. The second-order valence-electron chi connectivity index (χ2n) is 4.25. The number of nitrogens with one attached hydrogen (secondary N) is 2. The third-order valence-electron chi connectivity index (χ3n) is 3.16. The van der Waals surface area contributed by atoms with Gasteiger partial charge in [-0.15, -0.1) is 0 Å². The quantitative estimate of drug-likeness (QED) is 0.662. The van der Waals surface area contributed by atoms with E-state index in [-0.39, 0.29) is 11.6 Å². The fourth-order valence-electron chi connectivity index (χ4n) is 1.89. The Morgan fingerprint density at radius 1 is 1.59 bits per heavy atom. The van der Waals surface area contributed by atoms with Gasteiger partial charge >= 0.3 is 5.97 Å². The molecule has 0 radical (unpaired) electrons. The number of carboxylic acids is 1. The van der Waals surface area contributed by atoms with Crippen molar-refractivity contribution in [3.63, 3.8) is 0 Å². The summed E-state index contributed by atoms with van der Waals surface area (Å²) in [4.78, 5) is 36.7. The zero-order valence-corrected chi connectivity index (χ0v) is 9.19. The van der Waals surface area contributed by atoms with Crippen LogP contribution in [0.2, 0.25) is 0 Å². The topological polar surface area (TPSA) is 99.3 Å². The first-order chi connectivity index (χ1) is 7.98. The molecule has 6 heteroatoms. The minimum atomic E-state index is -1.37. The zero-order valence-electron chi connectivity index (χ0n) is 9.19. The first kappa shape index (κ1) is 11.4. The zero-order chi connectivity index (χ0) is 12.6. The summed E-state index contributed by atoms with van der Waals surface area (Å²) in [7, 11) is 0. The monoisotopic (exact) mass is 236 g/mol. The van der Waals surface area contributed by atoms with Crippen molar-refractivity contribution < 1.29 is 14.7 Å². The molecule has 1 saturated carbocycles. The molecule has 3 N–H and O–H groups in total. The second-order valence-corrected chi connectivity index (χ2v) is 4.25. The number of hydrogen-bond donors (Lipinski definition) is 3. The lowest BCUT2D eigenvalue weighted by atomic mass is 10.0. The van der Waals surface area contributed by atoms with Gasteiger partial charge in [0.25, 0.3) is 5.56 Å². The number of aromatic nitrogens is 1.